The van der Waals surface area contributed by atoms with E-state index in [1.807, 2.05) is 0 Å². The molecular formula is C12H20Ga. The maximum absolute atomic E-state index is 2.34. The van der Waals surface area contributed by atoms with Gasteiger partial charge in [0.05, 0.1) is 0 Å². The van der Waals surface area contributed by atoms with Gasteiger partial charge < -0.3 is 0 Å². The van der Waals surface area contributed by atoms with Crippen LogP contribution in [0.3, 0.4) is 0 Å². The van der Waals surface area contributed by atoms with Crippen LogP contribution in [-0.2, 0) is 0 Å². The summed E-state index contributed by atoms with van der Waals surface area (Å²) in [5.41, 5.74) is 6.53. The fourth-order valence-corrected chi connectivity index (χ4v) is 6.00. The van der Waals surface area contributed by atoms with Crippen LogP contribution in [0.15, 0.2) is 22.3 Å². The van der Waals surface area contributed by atoms with Crippen molar-refractivity contribution in [3.63, 3.8) is 0 Å². The van der Waals surface area contributed by atoms with Gasteiger partial charge in [-0.2, -0.15) is 0 Å². The normalized spacial score (nSPS) is 18.8. The molecule has 0 unspecified atom stereocenters. The van der Waals surface area contributed by atoms with Gasteiger partial charge in [-0.25, -0.2) is 0 Å². The molecule has 1 aliphatic carbocycles. The van der Waals surface area contributed by atoms with E-state index < -0.39 is 0 Å². The first-order valence-corrected chi connectivity index (χ1v) is 8.39. The number of allylic oxidation sites excluding steroid dienone is 4. The molecule has 0 aromatic heterocycles. The Morgan fingerprint density at radius 3 is 1.85 bits per heavy atom. The molecule has 0 aromatic carbocycles. The van der Waals surface area contributed by atoms with Gasteiger partial charge in [-0.3, -0.25) is 0 Å². The zero-order valence-corrected chi connectivity index (χ0v) is 12.0. The summed E-state index contributed by atoms with van der Waals surface area (Å²) >= 11 is -0.0411. The molecule has 0 atom stereocenters. The van der Waals surface area contributed by atoms with Crippen molar-refractivity contribution in [3.8, 4) is 0 Å². The Morgan fingerprint density at radius 1 is 1.00 bits per heavy atom. The molecule has 0 saturated carbocycles. The van der Waals surface area contributed by atoms with Crippen molar-refractivity contribution >= 4 is 17.4 Å². The molecular weight excluding hydrogens is 214 g/mol. The van der Waals surface area contributed by atoms with Crippen LogP contribution < -0.4 is 0 Å². The Balaban J connectivity index is 2.77. The fraction of sp³-hybridized carbons (Fsp3) is 0.667. The number of hydrogen-bond acceptors (Lipinski definition) is 0. The van der Waals surface area contributed by atoms with Crippen LogP contribution in [-0.4, -0.2) is 17.4 Å². The Bertz CT molecular complexity index is 234. The summed E-state index contributed by atoms with van der Waals surface area (Å²) in [6.45, 7) is 11.6. The molecule has 1 rings (SSSR count). The van der Waals surface area contributed by atoms with Crippen LogP contribution in [0.5, 0.6) is 0 Å². The molecule has 1 heteroatoms. The Morgan fingerprint density at radius 2 is 1.46 bits per heavy atom. The summed E-state index contributed by atoms with van der Waals surface area (Å²) in [4.78, 5) is 1.52. The van der Waals surface area contributed by atoms with Gasteiger partial charge in [0.15, 0.2) is 0 Å². The first kappa shape index (κ1) is 11.2. The van der Waals surface area contributed by atoms with E-state index in [4.69, 9.17) is 0 Å². The van der Waals surface area contributed by atoms with Gasteiger partial charge >= 0.3 is 90.2 Å². The zero-order chi connectivity index (χ0) is 10.0. The van der Waals surface area contributed by atoms with Crippen LogP contribution in [0.4, 0.5) is 0 Å². The van der Waals surface area contributed by atoms with Crippen molar-refractivity contribution in [3.05, 3.63) is 22.3 Å². The third-order valence-electron chi connectivity index (χ3n) is 3.37. The first-order valence-electron chi connectivity index (χ1n) is 5.28. The topological polar surface area (TPSA) is 0 Å². The monoisotopic (exact) mass is 233 g/mol. The molecule has 13 heavy (non-hydrogen) atoms. The Kier molecular flexibility index (Phi) is 3.93. The maximum atomic E-state index is 2.34. The summed E-state index contributed by atoms with van der Waals surface area (Å²) in [7, 11) is 0. The third kappa shape index (κ3) is 2.13. The van der Waals surface area contributed by atoms with E-state index >= 15 is 0 Å². The number of rotatable bonds is 3. The first-order chi connectivity index (χ1) is 6.09. The van der Waals surface area contributed by atoms with Gasteiger partial charge in [0.1, 0.15) is 0 Å². The van der Waals surface area contributed by atoms with Crippen molar-refractivity contribution in [1.82, 2.24) is 0 Å². The van der Waals surface area contributed by atoms with Gasteiger partial charge in [-0.15, -0.1) is 0 Å². The van der Waals surface area contributed by atoms with E-state index in [0.29, 0.717) is 0 Å². The Hall–Kier alpha value is 0.116. The van der Waals surface area contributed by atoms with Crippen LogP contribution in [0.2, 0.25) is 9.45 Å². The Labute approximate surface area is 90.3 Å². The predicted molar refractivity (Wildman–Crippen MR) is 61.4 cm³/mol. The van der Waals surface area contributed by atoms with Gasteiger partial charge in [0.25, 0.3) is 0 Å². The fourth-order valence-electron chi connectivity index (χ4n) is 2.07. The van der Waals surface area contributed by atoms with Crippen molar-refractivity contribution in [1.29, 1.82) is 0 Å². The van der Waals surface area contributed by atoms with Gasteiger partial charge in [0.2, 0.25) is 0 Å². The molecule has 0 bridgehead atoms. The molecule has 0 heterocycles. The molecule has 0 aliphatic heterocycles. The molecule has 0 aromatic rings. The SMILES string of the molecule is CC[CH2][Ga][CH]1C(C)=C(C)C(C)=C1C. The second kappa shape index (κ2) is 4.56. The van der Waals surface area contributed by atoms with E-state index in [1.165, 1.54) is 11.4 Å². The van der Waals surface area contributed by atoms with Crippen molar-refractivity contribution in [2.45, 2.75) is 50.5 Å². The average Bonchev–Trinajstić information content (AvgIpc) is 2.30. The van der Waals surface area contributed by atoms with Gasteiger partial charge in [-0.05, 0) is 0 Å². The van der Waals surface area contributed by atoms with Crippen LogP contribution in [0, 0.1) is 0 Å². The minimum atomic E-state index is -0.0411. The second-order valence-corrected chi connectivity index (χ2v) is 7.72. The van der Waals surface area contributed by atoms with E-state index in [9.17, 15) is 0 Å². The summed E-state index contributed by atoms with van der Waals surface area (Å²) in [6, 6.07) is 0. The van der Waals surface area contributed by atoms with Crippen LogP contribution in [0.25, 0.3) is 0 Å². The molecule has 0 amide bonds. The average molecular weight is 234 g/mol. The summed E-state index contributed by atoms with van der Waals surface area (Å²) < 4.78 is 0.920. The minimum absolute atomic E-state index is 0.0411. The standard InChI is InChI=1S/C9H13.C3H7.Ga/c1-6-5-7(2)9(4)8(6)3;1-3-2;/h5H,1-4H3;1,3H2,2H3;. The molecule has 1 aliphatic rings. The second-order valence-electron chi connectivity index (χ2n) is 4.12. The quantitative estimate of drug-likeness (QED) is 0.647. The summed E-state index contributed by atoms with van der Waals surface area (Å²) in [5, 5.41) is 0. The van der Waals surface area contributed by atoms with E-state index in [2.05, 4.69) is 34.6 Å². The molecule has 1 radical (unpaired) electrons. The predicted octanol–water partition coefficient (Wildman–Crippen LogP) is 3.99. The molecule has 71 valence electrons. The zero-order valence-electron chi connectivity index (χ0n) is 9.57. The third-order valence-corrected chi connectivity index (χ3v) is 8.37. The van der Waals surface area contributed by atoms with Crippen LogP contribution in [0.1, 0.15) is 41.0 Å². The molecule has 0 spiro atoms. The molecule has 0 nitrogen and oxygen atoms in total. The van der Waals surface area contributed by atoms with E-state index in [-0.39, 0.29) is 17.4 Å². The van der Waals surface area contributed by atoms with Gasteiger partial charge in [0, 0.05) is 0 Å². The van der Waals surface area contributed by atoms with Crippen molar-refractivity contribution in [2.75, 3.05) is 0 Å². The molecule has 0 fully saturated rings. The van der Waals surface area contributed by atoms with E-state index in [0.717, 1.165) is 4.47 Å². The molecule has 0 saturated heterocycles. The van der Waals surface area contributed by atoms with Crippen molar-refractivity contribution < 1.29 is 0 Å². The van der Waals surface area contributed by atoms with Crippen molar-refractivity contribution in [2.24, 2.45) is 0 Å². The number of hydrogen-bond donors (Lipinski definition) is 0. The summed E-state index contributed by atoms with van der Waals surface area (Å²) in [5.74, 6) is 0. The van der Waals surface area contributed by atoms with Gasteiger partial charge in [-0.1, -0.05) is 0 Å². The molecule has 0 N–H and O–H groups in total. The summed E-state index contributed by atoms with van der Waals surface area (Å²) in [6.07, 6.45) is 1.38. The van der Waals surface area contributed by atoms with Crippen LogP contribution >= 0.6 is 0 Å². The van der Waals surface area contributed by atoms with E-state index in [1.54, 1.807) is 22.3 Å².